The number of primary amides is 1. The van der Waals surface area contributed by atoms with Crippen LogP contribution in [-0.4, -0.2) is 10.9 Å². The third kappa shape index (κ3) is 1.71. The zero-order valence-electron chi connectivity index (χ0n) is 7.61. The van der Waals surface area contributed by atoms with Crippen LogP contribution in [0.5, 0.6) is 0 Å². The Morgan fingerprint density at radius 2 is 2.20 bits per heavy atom. The number of rotatable bonds is 2. The van der Waals surface area contributed by atoms with E-state index in [2.05, 4.69) is 4.98 Å². The summed E-state index contributed by atoms with van der Waals surface area (Å²) in [5.41, 5.74) is 5.79. The van der Waals surface area contributed by atoms with Gasteiger partial charge in [-0.25, -0.2) is 4.98 Å². The first-order valence-corrected chi connectivity index (χ1v) is 4.18. The summed E-state index contributed by atoms with van der Waals surface area (Å²) in [7, 11) is 0. The fourth-order valence-corrected chi connectivity index (χ4v) is 1.26. The van der Waals surface area contributed by atoms with Gasteiger partial charge in [-0.15, -0.1) is 0 Å². The van der Waals surface area contributed by atoms with Crippen LogP contribution in [0, 0.1) is 5.95 Å². The van der Waals surface area contributed by atoms with Crippen molar-refractivity contribution < 1.29 is 13.6 Å². The first kappa shape index (κ1) is 9.39. The van der Waals surface area contributed by atoms with Gasteiger partial charge in [0.05, 0.1) is 17.5 Å². The topological polar surface area (TPSA) is 69.1 Å². The SMILES string of the molecule is NC(=O)c1occc1-c1cccc(F)n1. The van der Waals surface area contributed by atoms with Crippen molar-refractivity contribution in [3.63, 3.8) is 0 Å². The van der Waals surface area contributed by atoms with Gasteiger partial charge in [-0.3, -0.25) is 4.79 Å². The largest absolute Gasteiger partial charge is 0.458 e. The molecule has 0 spiro atoms. The first-order valence-electron chi connectivity index (χ1n) is 4.18. The van der Waals surface area contributed by atoms with E-state index in [1.807, 2.05) is 0 Å². The number of nitrogens with zero attached hydrogens (tertiary/aromatic N) is 1. The van der Waals surface area contributed by atoms with E-state index >= 15 is 0 Å². The van der Waals surface area contributed by atoms with Gasteiger partial charge >= 0.3 is 0 Å². The normalized spacial score (nSPS) is 10.2. The Morgan fingerprint density at radius 3 is 2.87 bits per heavy atom. The minimum Gasteiger partial charge on any atom is -0.458 e. The summed E-state index contributed by atoms with van der Waals surface area (Å²) >= 11 is 0. The molecule has 5 heteroatoms. The number of amides is 1. The van der Waals surface area contributed by atoms with E-state index in [1.165, 1.54) is 24.5 Å². The average Bonchev–Trinajstić information content (AvgIpc) is 2.65. The fraction of sp³-hybridized carbons (Fsp3) is 0. The third-order valence-corrected chi connectivity index (χ3v) is 1.88. The Labute approximate surface area is 84.5 Å². The highest BCUT2D eigenvalue weighted by atomic mass is 19.1. The van der Waals surface area contributed by atoms with Gasteiger partial charge in [-0.2, -0.15) is 4.39 Å². The lowest BCUT2D eigenvalue weighted by Gasteiger charge is -1.98. The van der Waals surface area contributed by atoms with Crippen molar-refractivity contribution >= 4 is 5.91 Å². The highest BCUT2D eigenvalue weighted by Crippen LogP contribution is 2.22. The molecule has 0 aliphatic heterocycles. The van der Waals surface area contributed by atoms with Crippen LogP contribution in [0.25, 0.3) is 11.3 Å². The van der Waals surface area contributed by atoms with Crippen molar-refractivity contribution in [3.05, 3.63) is 42.2 Å². The minimum atomic E-state index is -0.707. The van der Waals surface area contributed by atoms with E-state index in [1.54, 1.807) is 6.07 Å². The lowest BCUT2D eigenvalue weighted by molar-refractivity contribution is 0.0974. The maximum absolute atomic E-state index is 12.8. The number of hydrogen-bond donors (Lipinski definition) is 1. The Morgan fingerprint density at radius 1 is 1.40 bits per heavy atom. The standard InChI is InChI=1S/C10H7FN2O2/c11-8-3-1-2-7(13-8)6-4-5-15-9(6)10(12)14/h1-5H,(H2,12,14). The zero-order chi connectivity index (χ0) is 10.8. The summed E-state index contributed by atoms with van der Waals surface area (Å²) < 4.78 is 17.7. The Hall–Kier alpha value is -2.17. The Balaban J connectivity index is 2.54. The molecule has 1 amide bonds. The fourth-order valence-electron chi connectivity index (χ4n) is 1.26. The van der Waals surface area contributed by atoms with Crippen LogP contribution in [0.3, 0.4) is 0 Å². The average molecular weight is 206 g/mol. The summed E-state index contributed by atoms with van der Waals surface area (Å²) in [4.78, 5) is 14.6. The van der Waals surface area contributed by atoms with E-state index < -0.39 is 11.9 Å². The molecule has 0 radical (unpaired) electrons. The number of furan rings is 1. The molecule has 15 heavy (non-hydrogen) atoms. The molecule has 2 heterocycles. The third-order valence-electron chi connectivity index (χ3n) is 1.88. The van der Waals surface area contributed by atoms with E-state index in [4.69, 9.17) is 10.2 Å². The summed E-state index contributed by atoms with van der Waals surface area (Å²) in [5, 5.41) is 0. The lowest BCUT2D eigenvalue weighted by atomic mass is 10.1. The molecule has 4 nitrogen and oxygen atoms in total. The highest BCUT2D eigenvalue weighted by Gasteiger charge is 2.14. The van der Waals surface area contributed by atoms with Crippen LogP contribution >= 0.6 is 0 Å². The summed E-state index contributed by atoms with van der Waals surface area (Å²) in [5.74, 6) is -1.35. The van der Waals surface area contributed by atoms with E-state index in [-0.39, 0.29) is 5.76 Å². The predicted octanol–water partition coefficient (Wildman–Crippen LogP) is 1.58. The quantitative estimate of drug-likeness (QED) is 0.758. The van der Waals surface area contributed by atoms with Crippen LogP contribution < -0.4 is 5.73 Å². The molecule has 2 aromatic heterocycles. The highest BCUT2D eigenvalue weighted by molar-refractivity contribution is 5.96. The monoisotopic (exact) mass is 206 g/mol. The number of carbonyl (C=O) groups excluding carboxylic acids is 1. The van der Waals surface area contributed by atoms with Crippen LogP contribution in [0.4, 0.5) is 4.39 Å². The lowest BCUT2D eigenvalue weighted by Crippen LogP contribution is -2.11. The maximum Gasteiger partial charge on any atom is 0.285 e. The van der Waals surface area contributed by atoms with Crippen molar-refractivity contribution in [2.75, 3.05) is 0 Å². The number of aromatic nitrogens is 1. The number of halogens is 1. The molecule has 0 bridgehead atoms. The second-order valence-corrected chi connectivity index (χ2v) is 2.87. The van der Waals surface area contributed by atoms with E-state index in [0.717, 1.165) is 0 Å². The van der Waals surface area contributed by atoms with Gasteiger partial charge in [0.2, 0.25) is 5.95 Å². The van der Waals surface area contributed by atoms with Gasteiger partial charge in [0.25, 0.3) is 5.91 Å². The molecule has 2 N–H and O–H groups in total. The zero-order valence-corrected chi connectivity index (χ0v) is 7.61. The number of hydrogen-bond acceptors (Lipinski definition) is 3. The smallest absolute Gasteiger partial charge is 0.285 e. The number of pyridine rings is 1. The first-order chi connectivity index (χ1) is 7.18. The van der Waals surface area contributed by atoms with Crippen molar-refractivity contribution in [1.82, 2.24) is 4.98 Å². The van der Waals surface area contributed by atoms with Gasteiger partial charge in [0.15, 0.2) is 5.76 Å². The van der Waals surface area contributed by atoms with Crippen LogP contribution in [0.15, 0.2) is 34.9 Å². The van der Waals surface area contributed by atoms with Crippen LogP contribution in [-0.2, 0) is 0 Å². The summed E-state index contributed by atoms with van der Waals surface area (Å²) in [6.45, 7) is 0. The molecule has 0 aromatic carbocycles. The number of carbonyl (C=O) groups is 1. The molecule has 0 saturated carbocycles. The molecule has 0 atom stereocenters. The van der Waals surface area contributed by atoms with Gasteiger partial charge in [-0.05, 0) is 18.2 Å². The molecule has 0 aliphatic carbocycles. The molecule has 76 valence electrons. The molecule has 0 unspecified atom stereocenters. The van der Waals surface area contributed by atoms with Crippen molar-refractivity contribution in [3.8, 4) is 11.3 Å². The summed E-state index contributed by atoms with van der Waals surface area (Å²) in [6, 6.07) is 5.80. The Bertz CT molecular complexity index is 508. The molecule has 0 saturated heterocycles. The van der Waals surface area contributed by atoms with Gasteiger partial charge in [0, 0.05) is 0 Å². The van der Waals surface area contributed by atoms with Crippen LogP contribution in [0.1, 0.15) is 10.6 Å². The Kier molecular flexibility index (Phi) is 2.21. The molecular formula is C10H7FN2O2. The van der Waals surface area contributed by atoms with E-state index in [0.29, 0.717) is 11.3 Å². The van der Waals surface area contributed by atoms with Crippen LogP contribution in [0.2, 0.25) is 0 Å². The van der Waals surface area contributed by atoms with E-state index in [9.17, 15) is 9.18 Å². The van der Waals surface area contributed by atoms with Gasteiger partial charge in [0.1, 0.15) is 0 Å². The maximum atomic E-state index is 12.8. The molecule has 0 fully saturated rings. The molecule has 2 rings (SSSR count). The summed E-state index contributed by atoms with van der Waals surface area (Å²) in [6.07, 6.45) is 1.31. The molecule has 0 aliphatic rings. The second-order valence-electron chi connectivity index (χ2n) is 2.87. The minimum absolute atomic E-state index is 0.0203. The van der Waals surface area contributed by atoms with Gasteiger partial charge in [-0.1, -0.05) is 6.07 Å². The molecular weight excluding hydrogens is 199 g/mol. The van der Waals surface area contributed by atoms with Crippen molar-refractivity contribution in [2.24, 2.45) is 5.73 Å². The second kappa shape index (κ2) is 3.53. The van der Waals surface area contributed by atoms with Crippen molar-refractivity contribution in [1.29, 1.82) is 0 Å². The van der Waals surface area contributed by atoms with Gasteiger partial charge < -0.3 is 10.2 Å². The number of nitrogens with two attached hydrogens (primary N) is 1. The predicted molar refractivity (Wildman–Crippen MR) is 50.4 cm³/mol. The molecule has 2 aromatic rings. The van der Waals surface area contributed by atoms with Crippen molar-refractivity contribution in [2.45, 2.75) is 0 Å².